The van der Waals surface area contributed by atoms with Crippen LogP contribution in [0.15, 0.2) is 78.9 Å². The first-order chi connectivity index (χ1) is 14.5. The number of aromatic hydroxyl groups is 2. The predicted octanol–water partition coefficient (Wildman–Crippen LogP) is 4.44. The normalized spacial score (nSPS) is 20.5. The number of phenolic OH excluding ortho intramolecular Hbond substituents is 2. The van der Waals surface area contributed by atoms with Crippen molar-refractivity contribution in [1.29, 1.82) is 0 Å². The Balaban J connectivity index is 1.65. The highest BCUT2D eigenvalue weighted by Gasteiger charge is 2.38. The fourth-order valence-corrected chi connectivity index (χ4v) is 4.60. The van der Waals surface area contributed by atoms with Crippen molar-refractivity contribution in [3.8, 4) is 11.5 Å². The molecule has 4 rings (SSSR count). The lowest BCUT2D eigenvalue weighted by molar-refractivity contribution is 0.0133. The molecule has 0 bridgehead atoms. The highest BCUT2D eigenvalue weighted by Crippen LogP contribution is 2.35. The fourth-order valence-electron chi connectivity index (χ4n) is 4.60. The Morgan fingerprint density at radius 3 is 2.00 bits per heavy atom. The maximum atomic E-state index is 9.94. The van der Waals surface area contributed by atoms with Gasteiger partial charge in [0.2, 0.25) is 0 Å². The van der Waals surface area contributed by atoms with E-state index in [9.17, 15) is 10.2 Å². The van der Waals surface area contributed by atoms with Gasteiger partial charge in [-0.25, -0.2) is 0 Å². The maximum absolute atomic E-state index is 9.94. The summed E-state index contributed by atoms with van der Waals surface area (Å²) in [5.41, 5.74) is 3.54. The van der Waals surface area contributed by atoms with Crippen LogP contribution in [0, 0.1) is 0 Å². The molecule has 1 heterocycles. The molecule has 1 aliphatic heterocycles. The summed E-state index contributed by atoms with van der Waals surface area (Å²) in [6.07, 6.45) is 0.796. The van der Waals surface area contributed by atoms with Gasteiger partial charge < -0.3 is 10.2 Å². The summed E-state index contributed by atoms with van der Waals surface area (Å²) >= 11 is 0. The Bertz CT molecular complexity index is 937. The highest BCUT2D eigenvalue weighted by molar-refractivity contribution is 5.41. The Morgan fingerprint density at radius 2 is 1.43 bits per heavy atom. The number of hydrogen-bond donors (Lipinski definition) is 2. The highest BCUT2D eigenvalue weighted by atomic mass is 16.3. The number of nitrogens with zero attached hydrogens (tertiary/aromatic N) is 2. The van der Waals surface area contributed by atoms with E-state index in [2.05, 4.69) is 84.4 Å². The fraction of sp³-hybridized carbons (Fsp3) is 0.308. The van der Waals surface area contributed by atoms with Gasteiger partial charge in [-0.15, -0.1) is 0 Å². The van der Waals surface area contributed by atoms with Crippen LogP contribution in [0.25, 0.3) is 0 Å². The second-order valence-electron chi connectivity index (χ2n) is 8.61. The summed E-state index contributed by atoms with van der Waals surface area (Å²) in [4.78, 5) is 4.99. The molecule has 1 fully saturated rings. The van der Waals surface area contributed by atoms with Crippen molar-refractivity contribution >= 4 is 0 Å². The van der Waals surface area contributed by atoms with Gasteiger partial charge in [-0.05, 0) is 49.2 Å². The van der Waals surface area contributed by atoms with Crippen LogP contribution in [0.4, 0.5) is 0 Å². The van der Waals surface area contributed by atoms with Gasteiger partial charge in [-0.2, -0.15) is 0 Å². The second kappa shape index (κ2) is 8.50. The molecule has 0 spiro atoms. The van der Waals surface area contributed by atoms with Gasteiger partial charge in [0.1, 0.15) is 0 Å². The number of likely N-dealkylation sites (N-methyl/N-ethyl adjacent to an activating group) is 1. The Hall–Kier alpha value is -2.82. The Kier molecular flexibility index (Phi) is 5.80. The van der Waals surface area contributed by atoms with Crippen molar-refractivity contribution < 1.29 is 10.2 Å². The molecule has 0 saturated carbocycles. The van der Waals surface area contributed by atoms with Gasteiger partial charge >= 0.3 is 0 Å². The molecule has 1 saturated heterocycles. The third kappa shape index (κ3) is 4.20. The largest absolute Gasteiger partial charge is 0.504 e. The summed E-state index contributed by atoms with van der Waals surface area (Å²) < 4.78 is 0. The first-order valence-corrected chi connectivity index (χ1v) is 10.5. The van der Waals surface area contributed by atoms with E-state index in [1.54, 1.807) is 12.1 Å². The van der Waals surface area contributed by atoms with Crippen LogP contribution in [-0.2, 0) is 6.42 Å². The summed E-state index contributed by atoms with van der Waals surface area (Å²) in [5.74, 6) is -0.131. The molecular formula is C26H30N2O2. The van der Waals surface area contributed by atoms with Gasteiger partial charge in [0.15, 0.2) is 11.5 Å². The maximum Gasteiger partial charge on any atom is 0.157 e. The minimum absolute atomic E-state index is 0.0575. The van der Waals surface area contributed by atoms with Crippen LogP contribution < -0.4 is 0 Å². The van der Waals surface area contributed by atoms with E-state index < -0.39 is 0 Å². The summed E-state index contributed by atoms with van der Waals surface area (Å²) in [7, 11) is 2.18. The molecule has 30 heavy (non-hydrogen) atoms. The summed E-state index contributed by atoms with van der Waals surface area (Å²) in [5, 5.41) is 19.6. The molecule has 4 heteroatoms. The van der Waals surface area contributed by atoms with Crippen molar-refractivity contribution in [2.75, 3.05) is 26.7 Å². The molecule has 156 valence electrons. The zero-order valence-corrected chi connectivity index (χ0v) is 17.7. The van der Waals surface area contributed by atoms with Gasteiger partial charge in [0.05, 0.1) is 6.04 Å². The smallest absolute Gasteiger partial charge is 0.157 e. The minimum atomic E-state index is -0.0938. The molecule has 3 aromatic carbocycles. The van der Waals surface area contributed by atoms with Crippen LogP contribution in [0.1, 0.15) is 29.7 Å². The van der Waals surface area contributed by atoms with E-state index in [0.29, 0.717) is 0 Å². The Labute approximate surface area is 179 Å². The molecule has 3 aromatic rings. The van der Waals surface area contributed by atoms with Crippen LogP contribution in [0.3, 0.4) is 0 Å². The Morgan fingerprint density at radius 1 is 0.833 bits per heavy atom. The van der Waals surface area contributed by atoms with Gasteiger partial charge in [0, 0.05) is 25.2 Å². The third-order valence-electron chi connectivity index (χ3n) is 6.41. The number of rotatable bonds is 5. The van der Waals surface area contributed by atoms with Gasteiger partial charge in [-0.3, -0.25) is 9.80 Å². The quantitative estimate of drug-likeness (QED) is 0.620. The van der Waals surface area contributed by atoms with E-state index in [1.807, 2.05) is 6.07 Å². The standard InChI is InChI=1S/C26H30N2O2/c1-26(18-20-13-14-23(29)24(30)17-20)19-28(16-15-27(26)2)25(21-9-5-3-6-10-21)22-11-7-4-8-12-22/h3-14,17,25,29-30H,15-16,18-19H2,1-2H3. The molecule has 4 nitrogen and oxygen atoms in total. The lowest BCUT2D eigenvalue weighted by Gasteiger charge is -2.50. The van der Waals surface area contributed by atoms with Gasteiger partial charge in [0.25, 0.3) is 0 Å². The van der Waals surface area contributed by atoms with Crippen molar-refractivity contribution in [1.82, 2.24) is 9.80 Å². The number of benzene rings is 3. The van der Waals surface area contributed by atoms with E-state index >= 15 is 0 Å². The lowest BCUT2D eigenvalue weighted by atomic mass is 9.86. The van der Waals surface area contributed by atoms with Crippen molar-refractivity contribution in [3.63, 3.8) is 0 Å². The molecule has 0 aliphatic carbocycles. The first kappa shape index (κ1) is 20.5. The average molecular weight is 403 g/mol. The zero-order valence-electron chi connectivity index (χ0n) is 17.7. The summed E-state index contributed by atoms with van der Waals surface area (Å²) in [6, 6.07) is 26.8. The molecule has 1 unspecified atom stereocenters. The summed E-state index contributed by atoms with van der Waals surface area (Å²) in [6.45, 7) is 5.15. The average Bonchev–Trinajstić information content (AvgIpc) is 2.75. The SMILES string of the molecule is CN1CCN(C(c2ccccc2)c2ccccc2)CC1(C)Cc1ccc(O)c(O)c1. The van der Waals surface area contributed by atoms with Gasteiger partial charge in [-0.1, -0.05) is 66.7 Å². The molecule has 2 N–H and O–H groups in total. The molecule has 0 aromatic heterocycles. The van der Waals surface area contributed by atoms with Crippen molar-refractivity contribution in [2.45, 2.75) is 24.9 Å². The van der Waals surface area contributed by atoms with Crippen molar-refractivity contribution in [3.05, 3.63) is 95.6 Å². The minimum Gasteiger partial charge on any atom is -0.504 e. The predicted molar refractivity (Wildman–Crippen MR) is 121 cm³/mol. The van der Waals surface area contributed by atoms with E-state index in [0.717, 1.165) is 31.6 Å². The number of hydrogen-bond acceptors (Lipinski definition) is 4. The topological polar surface area (TPSA) is 46.9 Å². The molecule has 1 atom stereocenters. The zero-order chi connectivity index (χ0) is 21.1. The second-order valence-corrected chi connectivity index (χ2v) is 8.61. The molecule has 1 aliphatic rings. The van der Waals surface area contributed by atoms with Crippen molar-refractivity contribution in [2.24, 2.45) is 0 Å². The van der Waals surface area contributed by atoms with E-state index in [1.165, 1.54) is 11.1 Å². The lowest BCUT2D eigenvalue weighted by Crippen LogP contribution is -2.60. The molecule has 0 amide bonds. The molecular weight excluding hydrogens is 372 g/mol. The van der Waals surface area contributed by atoms with Crippen LogP contribution in [0.5, 0.6) is 11.5 Å². The number of piperazine rings is 1. The third-order valence-corrected chi connectivity index (χ3v) is 6.41. The molecule has 0 radical (unpaired) electrons. The number of phenols is 2. The van der Waals surface area contributed by atoms with Crippen LogP contribution in [0.2, 0.25) is 0 Å². The van der Waals surface area contributed by atoms with Crippen LogP contribution >= 0.6 is 0 Å². The van der Waals surface area contributed by atoms with Crippen LogP contribution in [-0.4, -0.2) is 52.2 Å². The van der Waals surface area contributed by atoms with E-state index in [-0.39, 0.29) is 23.1 Å². The van der Waals surface area contributed by atoms with E-state index in [4.69, 9.17) is 0 Å². The first-order valence-electron chi connectivity index (χ1n) is 10.5. The monoisotopic (exact) mass is 402 g/mol.